The second-order valence-electron chi connectivity index (χ2n) is 7.35. The van der Waals surface area contributed by atoms with E-state index in [1.807, 2.05) is 12.1 Å². The molecule has 1 N–H and O–H groups in total. The van der Waals surface area contributed by atoms with Crippen LogP contribution in [0, 0.1) is 0 Å². The molecule has 0 heterocycles. The number of halogens is 1. The first-order valence-electron chi connectivity index (χ1n) is 9.17. The summed E-state index contributed by atoms with van der Waals surface area (Å²) in [7, 11) is 3.18. The predicted octanol–water partition coefficient (Wildman–Crippen LogP) is 4.39. The average molecular weight is 464 g/mol. The highest BCUT2D eigenvalue weighted by molar-refractivity contribution is 9.10. The molecule has 29 heavy (non-hydrogen) atoms. The third-order valence-corrected chi connectivity index (χ3v) is 4.64. The van der Waals surface area contributed by atoms with Crippen LogP contribution in [0.3, 0.4) is 0 Å². The third kappa shape index (κ3) is 6.22. The molecule has 2 aromatic carbocycles. The molecule has 156 valence electrons. The van der Waals surface area contributed by atoms with Crippen molar-refractivity contribution in [2.24, 2.45) is 0 Å². The van der Waals surface area contributed by atoms with E-state index in [9.17, 15) is 9.59 Å². The van der Waals surface area contributed by atoms with Crippen LogP contribution in [0.25, 0.3) is 0 Å². The Bertz CT molecular complexity index is 889. The molecule has 0 aromatic heterocycles. The van der Waals surface area contributed by atoms with E-state index in [0.717, 1.165) is 10.0 Å². The van der Waals surface area contributed by atoms with Gasteiger partial charge in [0.25, 0.3) is 5.91 Å². The van der Waals surface area contributed by atoms with Gasteiger partial charge < -0.3 is 19.5 Å². The Morgan fingerprint density at radius 2 is 1.62 bits per heavy atom. The number of methoxy groups -OCH3 is 2. The summed E-state index contributed by atoms with van der Waals surface area (Å²) >= 11 is 3.43. The zero-order valence-corrected chi connectivity index (χ0v) is 18.9. The van der Waals surface area contributed by atoms with Gasteiger partial charge in [-0.3, -0.25) is 4.79 Å². The van der Waals surface area contributed by atoms with Gasteiger partial charge in [-0.25, -0.2) is 4.79 Å². The molecule has 0 aliphatic carbocycles. The average Bonchev–Trinajstić information content (AvgIpc) is 2.67. The summed E-state index contributed by atoms with van der Waals surface area (Å²) in [5, 5.41) is 2.85. The normalized spacial score (nSPS) is 11.0. The van der Waals surface area contributed by atoms with Gasteiger partial charge in [-0.05, 0) is 73.0 Å². The summed E-state index contributed by atoms with van der Waals surface area (Å²) in [4.78, 5) is 25.1. The van der Waals surface area contributed by atoms with E-state index >= 15 is 0 Å². The fraction of sp³-hybridized carbons (Fsp3) is 0.364. The first-order valence-corrected chi connectivity index (χ1v) is 9.96. The van der Waals surface area contributed by atoms with Gasteiger partial charge in [0.15, 0.2) is 0 Å². The highest BCUT2D eigenvalue weighted by Gasteiger charge is 2.22. The van der Waals surface area contributed by atoms with E-state index in [1.165, 1.54) is 0 Å². The lowest BCUT2D eigenvalue weighted by atomic mass is 10.1. The standard InChI is InChI=1S/C22H26BrNO5/c1-22(2,3)29-21(26)16-9-7-6-8-15(16)20(25)24-11-10-14-12-19(28-5)17(23)13-18(14)27-4/h6-9,12-13H,10-11H2,1-5H3,(H,24,25). The number of benzene rings is 2. The van der Waals surface area contributed by atoms with Crippen molar-refractivity contribution in [1.29, 1.82) is 0 Å². The van der Waals surface area contributed by atoms with Crippen molar-refractivity contribution in [2.45, 2.75) is 32.8 Å². The predicted molar refractivity (Wildman–Crippen MR) is 115 cm³/mol. The number of hydrogen-bond donors (Lipinski definition) is 1. The summed E-state index contributed by atoms with van der Waals surface area (Å²) in [5.41, 5.74) is 0.774. The largest absolute Gasteiger partial charge is 0.496 e. The zero-order chi connectivity index (χ0) is 21.6. The zero-order valence-electron chi connectivity index (χ0n) is 17.3. The number of hydrogen-bond acceptors (Lipinski definition) is 5. The minimum absolute atomic E-state index is 0.239. The van der Waals surface area contributed by atoms with Crippen LogP contribution < -0.4 is 14.8 Å². The minimum Gasteiger partial charge on any atom is -0.496 e. The van der Waals surface area contributed by atoms with E-state index < -0.39 is 11.6 Å². The van der Waals surface area contributed by atoms with Crippen molar-refractivity contribution in [1.82, 2.24) is 5.32 Å². The molecular weight excluding hydrogens is 438 g/mol. The van der Waals surface area contributed by atoms with Crippen LogP contribution in [0.4, 0.5) is 0 Å². The van der Waals surface area contributed by atoms with Gasteiger partial charge in [-0.2, -0.15) is 0 Å². The second kappa shape index (κ2) is 9.78. The molecule has 0 unspecified atom stereocenters. The van der Waals surface area contributed by atoms with Crippen LogP contribution in [0.2, 0.25) is 0 Å². The Kier molecular flexibility index (Phi) is 7.67. The Balaban J connectivity index is 2.10. The monoisotopic (exact) mass is 463 g/mol. The van der Waals surface area contributed by atoms with Crippen molar-refractivity contribution in [3.05, 3.63) is 57.6 Å². The van der Waals surface area contributed by atoms with Crippen molar-refractivity contribution in [2.75, 3.05) is 20.8 Å². The van der Waals surface area contributed by atoms with Crippen LogP contribution in [0.15, 0.2) is 40.9 Å². The van der Waals surface area contributed by atoms with Crippen molar-refractivity contribution >= 4 is 27.8 Å². The third-order valence-electron chi connectivity index (χ3n) is 4.03. The lowest BCUT2D eigenvalue weighted by Gasteiger charge is -2.20. The Morgan fingerprint density at radius 1 is 1.00 bits per heavy atom. The Morgan fingerprint density at radius 3 is 2.21 bits per heavy atom. The Labute approximate surface area is 179 Å². The van der Waals surface area contributed by atoms with Crippen LogP contribution in [-0.4, -0.2) is 38.2 Å². The van der Waals surface area contributed by atoms with Crippen LogP contribution in [-0.2, 0) is 11.2 Å². The molecule has 0 aliphatic rings. The van der Waals surface area contributed by atoms with E-state index in [-0.39, 0.29) is 17.0 Å². The Hall–Kier alpha value is -2.54. The molecule has 0 saturated heterocycles. The van der Waals surface area contributed by atoms with Crippen molar-refractivity contribution in [3.8, 4) is 11.5 Å². The topological polar surface area (TPSA) is 73.9 Å². The molecule has 0 fully saturated rings. The maximum atomic E-state index is 12.7. The van der Waals surface area contributed by atoms with E-state index in [0.29, 0.717) is 24.5 Å². The highest BCUT2D eigenvalue weighted by Crippen LogP contribution is 2.32. The lowest BCUT2D eigenvalue weighted by molar-refractivity contribution is 0.00675. The van der Waals surface area contributed by atoms with Crippen molar-refractivity contribution < 1.29 is 23.8 Å². The van der Waals surface area contributed by atoms with Crippen LogP contribution >= 0.6 is 15.9 Å². The number of amides is 1. The molecule has 1 amide bonds. The summed E-state index contributed by atoms with van der Waals surface area (Å²) < 4.78 is 16.9. The maximum absolute atomic E-state index is 12.7. The fourth-order valence-electron chi connectivity index (χ4n) is 2.72. The lowest BCUT2D eigenvalue weighted by Crippen LogP contribution is -2.29. The van der Waals surface area contributed by atoms with Crippen LogP contribution in [0.1, 0.15) is 47.1 Å². The van der Waals surface area contributed by atoms with Gasteiger partial charge in [0.1, 0.15) is 17.1 Å². The quantitative estimate of drug-likeness (QED) is 0.616. The van der Waals surface area contributed by atoms with Gasteiger partial charge in [0.05, 0.1) is 29.8 Å². The highest BCUT2D eigenvalue weighted by atomic mass is 79.9. The molecule has 0 atom stereocenters. The molecule has 2 aromatic rings. The van der Waals surface area contributed by atoms with E-state index in [4.69, 9.17) is 14.2 Å². The number of carbonyl (C=O) groups is 2. The molecule has 2 rings (SSSR count). The van der Waals surface area contributed by atoms with Gasteiger partial charge >= 0.3 is 5.97 Å². The number of carbonyl (C=O) groups excluding carboxylic acids is 2. The van der Waals surface area contributed by atoms with Crippen LogP contribution in [0.5, 0.6) is 11.5 Å². The minimum atomic E-state index is -0.641. The fourth-order valence-corrected chi connectivity index (χ4v) is 3.20. The molecule has 6 nitrogen and oxygen atoms in total. The SMILES string of the molecule is COc1cc(CCNC(=O)c2ccccc2C(=O)OC(C)(C)C)c(OC)cc1Br. The maximum Gasteiger partial charge on any atom is 0.339 e. The van der Waals surface area contributed by atoms with Gasteiger partial charge in [0.2, 0.25) is 0 Å². The van der Waals surface area contributed by atoms with E-state index in [2.05, 4.69) is 21.2 Å². The first-order chi connectivity index (χ1) is 13.7. The first kappa shape index (κ1) is 22.7. The van der Waals surface area contributed by atoms with E-state index in [1.54, 1.807) is 59.3 Å². The number of esters is 1. The molecule has 0 radical (unpaired) electrons. The summed E-state index contributed by atoms with van der Waals surface area (Å²) in [5.74, 6) is 0.514. The second-order valence-corrected chi connectivity index (χ2v) is 8.21. The number of nitrogens with one attached hydrogen (secondary N) is 1. The molecule has 0 bridgehead atoms. The molecule has 0 spiro atoms. The number of ether oxygens (including phenoxy) is 3. The number of rotatable bonds is 7. The van der Waals surface area contributed by atoms with Gasteiger partial charge in [-0.1, -0.05) is 12.1 Å². The van der Waals surface area contributed by atoms with Gasteiger partial charge in [0, 0.05) is 6.54 Å². The molecule has 0 aliphatic heterocycles. The molecular formula is C22H26BrNO5. The molecule has 7 heteroatoms. The van der Waals surface area contributed by atoms with Gasteiger partial charge in [-0.15, -0.1) is 0 Å². The summed E-state index contributed by atoms with van der Waals surface area (Å²) in [6, 6.07) is 10.3. The summed E-state index contributed by atoms with van der Waals surface area (Å²) in [6.07, 6.45) is 0.535. The molecule has 0 saturated carbocycles. The summed E-state index contributed by atoms with van der Waals surface area (Å²) in [6.45, 7) is 5.72. The van der Waals surface area contributed by atoms with Crippen molar-refractivity contribution in [3.63, 3.8) is 0 Å². The smallest absolute Gasteiger partial charge is 0.339 e.